The van der Waals surface area contributed by atoms with E-state index in [1.165, 1.54) is 13.2 Å². The maximum absolute atomic E-state index is 13.8. The minimum atomic E-state index is -0.421. The molecule has 1 heterocycles. The molecule has 0 aliphatic carbocycles. The van der Waals surface area contributed by atoms with Gasteiger partial charge in [-0.25, -0.2) is 4.39 Å². The number of amides is 1. The van der Waals surface area contributed by atoms with E-state index in [9.17, 15) is 14.0 Å². The first kappa shape index (κ1) is 20.8. The number of hydrogen-bond donors (Lipinski definition) is 0. The molecule has 1 fully saturated rings. The molecule has 1 aliphatic heterocycles. The van der Waals surface area contributed by atoms with Crippen molar-refractivity contribution in [2.24, 2.45) is 5.92 Å². The number of aryl methyl sites for hydroxylation is 1. The van der Waals surface area contributed by atoms with Crippen molar-refractivity contribution in [1.29, 1.82) is 0 Å². The van der Waals surface area contributed by atoms with Gasteiger partial charge in [0, 0.05) is 31.0 Å². The van der Waals surface area contributed by atoms with Crippen LogP contribution in [0.5, 0.6) is 11.5 Å². The van der Waals surface area contributed by atoms with Crippen LogP contribution in [0.2, 0.25) is 0 Å². The van der Waals surface area contributed by atoms with Gasteiger partial charge in [0.1, 0.15) is 5.75 Å². The molecule has 1 aliphatic rings. The quantitative estimate of drug-likeness (QED) is 0.663. The zero-order chi connectivity index (χ0) is 20.8. The highest BCUT2D eigenvalue weighted by Crippen LogP contribution is 2.24. The lowest BCUT2D eigenvalue weighted by Gasteiger charge is -2.31. The zero-order valence-electron chi connectivity index (χ0n) is 16.8. The number of methoxy groups -OCH3 is 2. The Bertz CT molecular complexity index is 858. The van der Waals surface area contributed by atoms with Crippen molar-refractivity contribution in [3.63, 3.8) is 0 Å². The third kappa shape index (κ3) is 5.13. The number of Topliss-reactive ketones (excluding diaryl/α,β-unsaturated/α-hetero) is 1. The smallest absolute Gasteiger partial charge is 0.222 e. The second kappa shape index (κ2) is 9.54. The molecule has 0 atom stereocenters. The summed E-state index contributed by atoms with van der Waals surface area (Å²) in [5.74, 6) is 0.589. The predicted octanol–water partition coefficient (Wildman–Crippen LogP) is 3.90. The second-order valence-electron chi connectivity index (χ2n) is 7.22. The lowest BCUT2D eigenvalue weighted by Crippen LogP contribution is -2.40. The minimum Gasteiger partial charge on any atom is -0.497 e. The molecule has 5 nitrogen and oxygen atoms in total. The van der Waals surface area contributed by atoms with Gasteiger partial charge in [0.15, 0.2) is 17.3 Å². The van der Waals surface area contributed by atoms with Gasteiger partial charge in [-0.1, -0.05) is 6.07 Å². The highest BCUT2D eigenvalue weighted by atomic mass is 19.1. The van der Waals surface area contributed by atoms with Gasteiger partial charge in [0.25, 0.3) is 0 Å². The van der Waals surface area contributed by atoms with E-state index in [0.717, 1.165) is 11.3 Å². The Kier molecular flexibility index (Phi) is 6.86. The van der Waals surface area contributed by atoms with Crippen molar-refractivity contribution in [2.45, 2.75) is 25.7 Å². The van der Waals surface area contributed by atoms with Gasteiger partial charge in [-0.2, -0.15) is 0 Å². The Balaban J connectivity index is 1.48. The van der Waals surface area contributed by atoms with E-state index in [4.69, 9.17) is 9.47 Å². The molecule has 2 aromatic rings. The van der Waals surface area contributed by atoms with Gasteiger partial charge >= 0.3 is 0 Å². The summed E-state index contributed by atoms with van der Waals surface area (Å²) in [6.45, 7) is 1.14. The van der Waals surface area contributed by atoms with Crippen LogP contribution in [0, 0.1) is 11.7 Å². The zero-order valence-corrected chi connectivity index (χ0v) is 16.8. The van der Waals surface area contributed by atoms with Gasteiger partial charge in [-0.05, 0) is 61.2 Å². The maximum Gasteiger partial charge on any atom is 0.222 e. The Labute approximate surface area is 170 Å². The van der Waals surface area contributed by atoms with Crippen LogP contribution in [0.3, 0.4) is 0 Å². The number of ketones is 1. The van der Waals surface area contributed by atoms with Crippen LogP contribution >= 0.6 is 0 Å². The fourth-order valence-corrected chi connectivity index (χ4v) is 3.66. The van der Waals surface area contributed by atoms with E-state index in [0.29, 0.717) is 44.3 Å². The third-order valence-electron chi connectivity index (χ3n) is 5.44. The van der Waals surface area contributed by atoms with Gasteiger partial charge < -0.3 is 14.4 Å². The van der Waals surface area contributed by atoms with Crippen LogP contribution in [0.15, 0.2) is 42.5 Å². The van der Waals surface area contributed by atoms with E-state index in [-0.39, 0.29) is 23.4 Å². The van der Waals surface area contributed by atoms with Crippen molar-refractivity contribution in [3.05, 3.63) is 59.4 Å². The normalized spacial score (nSPS) is 14.5. The fourth-order valence-electron chi connectivity index (χ4n) is 3.66. The molecule has 1 saturated heterocycles. The Morgan fingerprint density at radius 2 is 1.72 bits per heavy atom. The summed E-state index contributed by atoms with van der Waals surface area (Å²) in [6, 6.07) is 11.9. The molecule has 1 amide bonds. The number of halogens is 1. The first-order valence-corrected chi connectivity index (χ1v) is 9.80. The number of piperidine rings is 1. The van der Waals surface area contributed by atoms with Gasteiger partial charge in [0.05, 0.1) is 14.2 Å². The van der Waals surface area contributed by atoms with Crippen LogP contribution < -0.4 is 9.47 Å². The molecule has 0 spiro atoms. The molecule has 29 heavy (non-hydrogen) atoms. The highest BCUT2D eigenvalue weighted by Gasteiger charge is 2.27. The van der Waals surface area contributed by atoms with Crippen LogP contribution in [0.4, 0.5) is 4.39 Å². The highest BCUT2D eigenvalue weighted by molar-refractivity contribution is 5.98. The second-order valence-corrected chi connectivity index (χ2v) is 7.22. The molecule has 0 saturated carbocycles. The summed E-state index contributed by atoms with van der Waals surface area (Å²) in [7, 11) is 3.01. The number of carbonyl (C=O) groups is 2. The molecule has 0 radical (unpaired) electrons. The van der Waals surface area contributed by atoms with E-state index in [1.54, 1.807) is 48.4 Å². The van der Waals surface area contributed by atoms with Crippen LogP contribution in [0.1, 0.15) is 35.2 Å². The van der Waals surface area contributed by atoms with Crippen molar-refractivity contribution in [1.82, 2.24) is 4.90 Å². The lowest BCUT2D eigenvalue weighted by atomic mass is 9.88. The summed E-state index contributed by atoms with van der Waals surface area (Å²) in [5.41, 5.74) is 1.44. The Morgan fingerprint density at radius 3 is 2.31 bits per heavy atom. The number of ether oxygens (including phenoxy) is 2. The number of hydrogen-bond acceptors (Lipinski definition) is 4. The molecule has 154 valence electrons. The van der Waals surface area contributed by atoms with E-state index in [1.807, 2.05) is 0 Å². The topological polar surface area (TPSA) is 55.8 Å². The van der Waals surface area contributed by atoms with Crippen molar-refractivity contribution in [3.8, 4) is 11.5 Å². The number of carbonyl (C=O) groups excluding carboxylic acids is 2. The number of likely N-dealkylation sites (tertiary alicyclic amines) is 1. The van der Waals surface area contributed by atoms with E-state index in [2.05, 4.69) is 0 Å². The molecular weight excluding hydrogens is 373 g/mol. The SMILES string of the molecule is COc1ccc(C(=O)C2CCN(C(=O)CCc3ccc(OC)c(F)c3)CC2)cc1. The molecule has 2 aromatic carbocycles. The number of nitrogens with zero attached hydrogens (tertiary/aromatic N) is 1. The fraction of sp³-hybridized carbons (Fsp3) is 0.391. The molecule has 3 rings (SSSR count). The first-order chi connectivity index (χ1) is 14.0. The molecule has 6 heteroatoms. The predicted molar refractivity (Wildman–Crippen MR) is 108 cm³/mol. The monoisotopic (exact) mass is 399 g/mol. The summed E-state index contributed by atoms with van der Waals surface area (Å²) in [6.07, 6.45) is 2.12. The largest absolute Gasteiger partial charge is 0.497 e. The molecular formula is C23H26FNO4. The minimum absolute atomic E-state index is 0.0385. The molecule has 0 bridgehead atoms. The lowest BCUT2D eigenvalue weighted by molar-refractivity contribution is -0.132. The van der Waals surface area contributed by atoms with Crippen LogP contribution in [-0.4, -0.2) is 43.9 Å². The molecule has 0 unspecified atom stereocenters. The summed E-state index contributed by atoms with van der Waals surface area (Å²) in [4.78, 5) is 27.0. The van der Waals surface area contributed by atoms with E-state index < -0.39 is 5.82 Å². The average Bonchev–Trinajstić information content (AvgIpc) is 2.77. The van der Waals surface area contributed by atoms with Crippen LogP contribution in [0.25, 0.3) is 0 Å². The van der Waals surface area contributed by atoms with Crippen molar-refractivity contribution >= 4 is 11.7 Å². The van der Waals surface area contributed by atoms with Gasteiger partial charge in [-0.15, -0.1) is 0 Å². The van der Waals surface area contributed by atoms with Crippen LogP contribution in [-0.2, 0) is 11.2 Å². The Morgan fingerprint density at radius 1 is 1.03 bits per heavy atom. The summed E-state index contributed by atoms with van der Waals surface area (Å²) < 4.78 is 23.8. The number of rotatable bonds is 7. The standard InChI is InChI=1S/C23H26FNO4/c1-28-19-7-5-17(6-8-19)23(27)18-11-13-25(14-12-18)22(26)10-4-16-3-9-21(29-2)20(24)15-16/h3,5-9,15,18H,4,10-14H2,1-2H3. The van der Waals surface area contributed by atoms with Gasteiger partial charge in [-0.3, -0.25) is 9.59 Å². The summed E-state index contributed by atoms with van der Waals surface area (Å²) >= 11 is 0. The number of benzene rings is 2. The van der Waals surface area contributed by atoms with Gasteiger partial charge in [0.2, 0.25) is 5.91 Å². The molecule has 0 aromatic heterocycles. The van der Waals surface area contributed by atoms with Crippen molar-refractivity contribution < 1.29 is 23.5 Å². The third-order valence-corrected chi connectivity index (χ3v) is 5.44. The average molecular weight is 399 g/mol. The maximum atomic E-state index is 13.8. The molecule has 0 N–H and O–H groups in total. The first-order valence-electron chi connectivity index (χ1n) is 9.80. The van der Waals surface area contributed by atoms with E-state index >= 15 is 0 Å². The Hall–Kier alpha value is -2.89. The summed E-state index contributed by atoms with van der Waals surface area (Å²) in [5, 5.41) is 0. The van der Waals surface area contributed by atoms with Crippen molar-refractivity contribution in [2.75, 3.05) is 27.3 Å².